The van der Waals surface area contributed by atoms with Gasteiger partial charge in [-0.25, -0.2) is 4.99 Å². The summed E-state index contributed by atoms with van der Waals surface area (Å²) in [5.41, 5.74) is 0.719. The minimum atomic E-state index is 0.191. The van der Waals surface area contributed by atoms with Gasteiger partial charge in [-0.05, 0) is 48.0 Å². The number of anilines is 2. The lowest BCUT2D eigenvalue weighted by atomic mass is 10.3. The number of nitrogens with zero attached hydrogens (tertiary/aromatic N) is 4. The molecule has 1 heterocycles. The highest BCUT2D eigenvalue weighted by molar-refractivity contribution is 5.35. The van der Waals surface area contributed by atoms with Crippen LogP contribution in [-0.2, 0) is 0 Å². The van der Waals surface area contributed by atoms with Gasteiger partial charge < -0.3 is 10.6 Å². The molecule has 2 N–H and O–H groups in total. The Morgan fingerprint density at radius 2 is 1.76 bits per heavy atom. The van der Waals surface area contributed by atoms with Gasteiger partial charge in [-0.2, -0.15) is 9.97 Å². The van der Waals surface area contributed by atoms with Crippen molar-refractivity contribution in [3.05, 3.63) is 5.62 Å². The molecule has 0 unspecified atom stereocenters. The summed E-state index contributed by atoms with van der Waals surface area (Å²) in [6, 6.07) is 0.732. The highest BCUT2D eigenvalue weighted by Crippen LogP contribution is 2.12. The van der Waals surface area contributed by atoms with Crippen LogP contribution in [0.2, 0.25) is 0 Å². The topological polar surface area (TPSA) is 67.1 Å². The van der Waals surface area contributed by atoms with Crippen LogP contribution < -0.4 is 16.3 Å². The molecule has 0 radical (unpaired) electrons. The predicted octanol–water partition coefficient (Wildman–Crippen LogP) is 2.81. The van der Waals surface area contributed by atoms with Crippen molar-refractivity contribution in [2.24, 2.45) is 4.99 Å². The number of rotatable bonds is 7. The predicted molar refractivity (Wildman–Crippen MR) is 88.6 cm³/mol. The minimum Gasteiger partial charge on any atom is -0.354 e. The Balaban J connectivity index is 3.42. The highest BCUT2D eigenvalue weighted by Gasteiger charge is 2.12. The first-order valence-corrected chi connectivity index (χ1v) is 7.90. The Morgan fingerprint density at radius 3 is 2.24 bits per heavy atom. The van der Waals surface area contributed by atoms with Crippen LogP contribution >= 0.6 is 0 Å². The maximum atomic E-state index is 4.65. The van der Waals surface area contributed by atoms with Crippen LogP contribution in [0.25, 0.3) is 0 Å². The van der Waals surface area contributed by atoms with Crippen molar-refractivity contribution >= 4 is 11.9 Å². The molecule has 6 nitrogen and oxygen atoms in total. The molecule has 0 bridgehead atoms. The third-order valence-electron chi connectivity index (χ3n) is 2.70. The van der Waals surface area contributed by atoms with Gasteiger partial charge in [-0.1, -0.05) is 6.92 Å². The average Bonchev–Trinajstić information content (AvgIpc) is 2.33. The second-order valence-electron chi connectivity index (χ2n) is 6.08. The molecule has 0 fully saturated rings. The number of hydrogen-bond donors (Lipinski definition) is 2. The Hall–Kier alpha value is -1.59. The fraction of sp³-hybridized carbons (Fsp3) is 0.800. The molecule has 0 atom stereocenters. The Kier molecular flexibility index (Phi) is 6.65. The van der Waals surface area contributed by atoms with Crippen LogP contribution in [0.3, 0.4) is 0 Å². The van der Waals surface area contributed by atoms with E-state index in [4.69, 9.17) is 0 Å². The second-order valence-corrected chi connectivity index (χ2v) is 6.08. The summed E-state index contributed by atoms with van der Waals surface area (Å²) in [4.78, 5) is 13.8. The Labute approximate surface area is 128 Å². The van der Waals surface area contributed by atoms with Gasteiger partial charge in [0.2, 0.25) is 17.5 Å². The van der Waals surface area contributed by atoms with Gasteiger partial charge in [-0.15, -0.1) is 0 Å². The largest absolute Gasteiger partial charge is 0.354 e. The summed E-state index contributed by atoms with van der Waals surface area (Å²) in [7, 11) is 0. The lowest BCUT2D eigenvalue weighted by Crippen LogP contribution is -2.33. The van der Waals surface area contributed by atoms with Crippen molar-refractivity contribution in [3.63, 3.8) is 0 Å². The fourth-order valence-electron chi connectivity index (χ4n) is 1.90. The first-order chi connectivity index (χ1) is 9.85. The van der Waals surface area contributed by atoms with E-state index in [0.29, 0.717) is 12.0 Å². The summed E-state index contributed by atoms with van der Waals surface area (Å²) >= 11 is 0. The highest BCUT2D eigenvalue weighted by atomic mass is 15.3. The van der Waals surface area contributed by atoms with Gasteiger partial charge in [0.1, 0.15) is 0 Å². The summed E-state index contributed by atoms with van der Waals surface area (Å²) < 4.78 is 2.05. The van der Waals surface area contributed by atoms with Crippen LogP contribution in [0.4, 0.5) is 11.9 Å². The third-order valence-corrected chi connectivity index (χ3v) is 2.70. The van der Waals surface area contributed by atoms with Crippen LogP contribution in [-0.4, -0.2) is 33.2 Å². The number of aromatic nitrogens is 3. The van der Waals surface area contributed by atoms with Gasteiger partial charge in [-0.3, -0.25) is 4.57 Å². The molecule has 1 aromatic rings. The van der Waals surface area contributed by atoms with Gasteiger partial charge in [0, 0.05) is 24.7 Å². The SMILES string of the molecule is CCCNc1nc(NC(C)C)n(C(C)C)c(=NC(C)C)n1. The van der Waals surface area contributed by atoms with Gasteiger partial charge in [0.25, 0.3) is 0 Å². The molecule has 0 aliphatic heterocycles. The molecule has 6 heteroatoms. The van der Waals surface area contributed by atoms with Crippen molar-refractivity contribution in [1.82, 2.24) is 14.5 Å². The molecule has 1 aromatic heterocycles. The summed E-state index contributed by atoms with van der Waals surface area (Å²) in [5.74, 6) is 1.45. The van der Waals surface area contributed by atoms with Crippen LogP contribution in [0, 0.1) is 0 Å². The van der Waals surface area contributed by atoms with Crippen molar-refractivity contribution in [1.29, 1.82) is 0 Å². The zero-order chi connectivity index (χ0) is 16.0. The summed E-state index contributed by atoms with van der Waals surface area (Å²) in [6.45, 7) is 15.5. The van der Waals surface area contributed by atoms with E-state index in [1.807, 2.05) is 0 Å². The van der Waals surface area contributed by atoms with E-state index in [0.717, 1.165) is 24.5 Å². The van der Waals surface area contributed by atoms with Crippen molar-refractivity contribution in [2.75, 3.05) is 17.2 Å². The number of hydrogen-bond acceptors (Lipinski definition) is 5. The van der Waals surface area contributed by atoms with Crippen molar-refractivity contribution in [3.8, 4) is 0 Å². The van der Waals surface area contributed by atoms with Gasteiger partial charge >= 0.3 is 0 Å². The van der Waals surface area contributed by atoms with Crippen molar-refractivity contribution < 1.29 is 0 Å². The van der Waals surface area contributed by atoms with Crippen LogP contribution in [0.5, 0.6) is 0 Å². The number of nitrogens with one attached hydrogen (secondary N) is 2. The zero-order valence-corrected chi connectivity index (χ0v) is 14.4. The molecule has 1 rings (SSSR count). The molecule has 120 valence electrons. The molecule has 0 aliphatic carbocycles. The molecule has 21 heavy (non-hydrogen) atoms. The molecular formula is C15H30N6. The molecule has 0 saturated carbocycles. The molecular weight excluding hydrogens is 264 g/mol. The summed E-state index contributed by atoms with van der Waals surface area (Å²) in [5, 5.41) is 6.65. The zero-order valence-electron chi connectivity index (χ0n) is 14.4. The van der Waals surface area contributed by atoms with E-state index in [-0.39, 0.29) is 12.1 Å². The van der Waals surface area contributed by atoms with Crippen molar-refractivity contribution in [2.45, 2.75) is 73.0 Å². The molecule has 0 amide bonds. The Bertz CT molecular complexity index is 501. The van der Waals surface area contributed by atoms with E-state index in [2.05, 4.69) is 78.6 Å². The molecule has 0 aliphatic rings. The van der Waals surface area contributed by atoms with Gasteiger partial charge in [0.05, 0.1) is 0 Å². The van der Waals surface area contributed by atoms with Gasteiger partial charge in [0.15, 0.2) is 0 Å². The van der Waals surface area contributed by atoms with Crippen LogP contribution in [0.1, 0.15) is 60.9 Å². The smallest absolute Gasteiger partial charge is 0.231 e. The second kappa shape index (κ2) is 8.00. The van der Waals surface area contributed by atoms with E-state index < -0.39 is 0 Å². The fourth-order valence-corrected chi connectivity index (χ4v) is 1.90. The van der Waals surface area contributed by atoms with E-state index in [1.54, 1.807) is 0 Å². The first-order valence-electron chi connectivity index (χ1n) is 7.90. The molecule has 0 aromatic carbocycles. The monoisotopic (exact) mass is 294 g/mol. The molecule has 0 spiro atoms. The minimum absolute atomic E-state index is 0.191. The Morgan fingerprint density at radius 1 is 1.10 bits per heavy atom. The average molecular weight is 294 g/mol. The lowest BCUT2D eigenvalue weighted by molar-refractivity contribution is 0.535. The quantitative estimate of drug-likeness (QED) is 0.811. The standard InChI is InChI=1S/C15H30N6/c1-8-9-16-13-19-14(17-10(2)3)21(12(6)7)15(20-13)18-11(4)5/h10-12H,8-9H2,1-7H3,(H2,16,17,18,19,20). The normalized spacial score (nSPS) is 12.6. The summed E-state index contributed by atoms with van der Waals surface area (Å²) in [6.07, 6.45) is 1.03. The molecule has 0 saturated heterocycles. The first kappa shape index (κ1) is 17.5. The third kappa shape index (κ3) is 5.36. The lowest BCUT2D eigenvalue weighted by Gasteiger charge is -2.20. The maximum Gasteiger partial charge on any atom is 0.231 e. The van der Waals surface area contributed by atoms with E-state index >= 15 is 0 Å². The van der Waals surface area contributed by atoms with Crippen LogP contribution in [0.15, 0.2) is 4.99 Å². The van der Waals surface area contributed by atoms with E-state index in [1.165, 1.54) is 0 Å². The van der Waals surface area contributed by atoms with E-state index in [9.17, 15) is 0 Å². The maximum absolute atomic E-state index is 4.65.